The van der Waals surface area contributed by atoms with E-state index >= 15 is 0 Å². The Balaban J connectivity index is 1.63. The normalized spacial score (nSPS) is 11.3. The van der Waals surface area contributed by atoms with Gasteiger partial charge in [-0.3, -0.25) is 0 Å². The number of methoxy groups -OCH3 is 1. The highest BCUT2D eigenvalue weighted by Crippen LogP contribution is 2.27. The van der Waals surface area contributed by atoms with Gasteiger partial charge >= 0.3 is 11.6 Å². The van der Waals surface area contributed by atoms with Crippen LogP contribution in [-0.2, 0) is 0 Å². The second kappa shape index (κ2) is 6.80. The van der Waals surface area contributed by atoms with Crippen molar-refractivity contribution in [1.82, 2.24) is 4.98 Å². The number of benzene rings is 2. The Bertz CT molecular complexity index is 1210. The molecule has 4 aromatic rings. The maximum atomic E-state index is 12.2. The number of oxazole rings is 1. The first-order valence-corrected chi connectivity index (χ1v) is 8.04. The monoisotopic (exact) mass is 362 g/mol. The van der Waals surface area contributed by atoms with Gasteiger partial charge in [-0.15, -0.1) is 0 Å². The first-order valence-electron chi connectivity index (χ1n) is 8.04. The number of aliphatic imine (C=N–C) groups is 1. The minimum Gasteiger partial charge on any atom is -0.504 e. The van der Waals surface area contributed by atoms with E-state index in [4.69, 9.17) is 13.6 Å². The lowest BCUT2D eigenvalue weighted by molar-refractivity contribution is 0.373. The molecule has 0 radical (unpaired) electrons. The van der Waals surface area contributed by atoms with Gasteiger partial charge in [0.2, 0.25) is 0 Å². The van der Waals surface area contributed by atoms with Crippen LogP contribution in [0.3, 0.4) is 0 Å². The highest BCUT2D eigenvalue weighted by atomic mass is 16.5. The molecule has 0 bridgehead atoms. The van der Waals surface area contributed by atoms with Crippen LogP contribution in [0.25, 0.3) is 22.3 Å². The topological polar surface area (TPSA) is 98.1 Å². The summed E-state index contributed by atoms with van der Waals surface area (Å²) in [7, 11) is 1.47. The molecule has 0 aliphatic carbocycles. The second-order valence-electron chi connectivity index (χ2n) is 5.68. The zero-order valence-electron chi connectivity index (χ0n) is 14.2. The number of ether oxygens (including phenoxy) is 1. The van der Waals surface area contributed by atoms with Crippen molar-refractivity contribution < 1.29 is 18.7 Å². The van der Waals surface area contributed by atoms with Crippen LogP contribution in [-0.4, -0.2) is 23.4 Å². The molecular weight excluding hydrogens is 348 g/mol. The van der Waals surface area contributed by atoms with Crippen LogP contribution >= 0.6 is 0 Å². The summed E-state index contributed by atoms with van der Waals surface area (Å²) in [5, 5.41) is 10.6. The Morgan fingerprint density at radius 3 is 2.81 bits per heavy atom. The van der Waals surface area contributed by atoms with Gasteiger partial charge in [0.25, 0.3) is 0 Å². The van der Waals surface area contributed by atoms with Gasteiger partial charge < -0.3 is 18.7 Å². The van der Waals surface area contributed by atoms with Crippen LogP contribution in [0.5, 0.6) is 11.5 Å². The molecule has 1 N–H and O–H groups in total. The van der Waals surface area contributed by atoms with E-state index in [1.165, 1.54) is 25.6 Å². The predicted molar refractivity (Wildman–Crippen MR) is 99.9 cm³/mol. The van der Waals surface area contributed by atoms with E-state index in [1.54, 1.807) is 30.3 Å². The number of aromatic nitrogens is 1. The van der Waals surface area contributed by atoms with E-state index in [9.17, 15) is 9.90 Å². The summed E-state index contributed by atoms with van der Waals surface area (Å²) in [6.07, 6.45) is 2.90. The fourth-order valence-corrected chi connectivity index (χ4v) is 2.60. The summed E-state index contributed by atoms with van der Waals surface area (Å²) in [5.74, 6) is 0.635. The Kier molecular flexibility index (Phi) is 4.18. The minimum absolute atomic E-state index is 0.00307. The second-order valence-corrected chi connectivity index (χ2v) is 5.68. The number of aromatic hydroxyl groups is 1. The summed E-state index contributed by atoms with van der Waals surface area (Å²) in [6.45, 7) is 0. The molecule has 0 unspecified atom stereocenters. The molecule has 0 fully saturated rings. The largest absolute Gasteiger partial charge is 0.504 e. The number of hydrogen-bond acceptors (Lipinski definition) is 7. The number of rotatable bonds is 4. The molecule has 0 spiro atoms. The molecule has 0 aliphatic heterocycles. The lowest BCUT2D eigenvalue weighted by Crippen LogP contribution is -2.01. The van der Waals surface area contributed by atoms with Crippen molar-refractivity contribution in [2.75, 3.05) is 7.11 Å². The molecule has 0 saturated carbocycles. The standard InChI is InChI=1S/C20H14N2O5/c1-25-17-7-6-12(8-15(17)23)10-21-20-22-11-18(27-20)14-9-13-4-2-3-5-16(13)26-19(14)24/h2-11,23H,1H3/b21-10+. The third kappa shape index (κ3) is 3.30. The highest BCUT2D eigenvalue weighted by molar-refractivity contribution is 5.83. The molecule has 4 rings (SSSR count). The van der Waals surface area contributed by atoms with Gasteiger partial charge in [0.15, 0.2) is 17.3 Å². The molecule has 0 atom stereocenters. The first-order chi connectivity index (χ1) is 13.1. The zero-order valence-corrected chi connectivity index (χ0v) is 14.2. The Morgan fingerprint density at radius 2 is 2.00 bits per heavy atom. The molecule has 2 aromatic heterocycles. The van der Waals surface area contributed by atoms with Crippen molar-refractivity contribution in [3.05, 3.63) is 70.7 Å². The number of para-hydroxylation sites is 1. The fraction of sp³-hybridized carbons (Fsp3) is 0.0500. The number of phenols is 1. The smallest absolute Gasteiger partial charge is 0.347 e. The summed E-state index contributed by atoms with van der Waals surface area (Å²) in [5.41, 5.74) is 0.895. The van der Waals surface area contributed by atoms with Crippen molar-refractivity contribution in [2.45, 2.75) is 0 Å². The number of nitrogens with zero attached hydrogens (tertiary/aromatic N) is 2. The van der Waals surface area contributed by atoms with Crippen LogP contribution in [0.2, 0.25) is 0 Å². The minimum atomic E-state index is -0.513. The van der Waals surface area contributed by atoms with Gasteiger partial charge in [0.1, 0.15) is 11.1 Å². The number of fused-ring (bicyclic) bond motifs is 1. The van der Waals surface area contributed by atoms with Gasteiger partial charge in [0, 0.05) is 11.6 Å². The van der Waals surface area contributed by atoms with Crippen LogP contribution < -0.4 is 10.4 Å². The van der Waals surface area contributed by atoms with E-state index in [1.807, 2.05) is 12.1 Å². The van der Waals surface area contributed by atoms with Crippen LogP contribution in [0, 0.1) is 0 Å². The van der Waals surface area contributed by atoms with Crippen LogP contribution in [0.15, 0.2) is 73.3 Å². The summed E-state index contributed by atoms with van der Waals surface area (Å²) in [4.78, 5) is 20.4. The Labute approximate surface area is 153 Å². The van der Waals surface area contributed by atoms with Crippen molar-refractivity contribution in [3.8, 4) is 22.8 Å². The van der Waals surface area contributed by atoms with E-state index in [0.29, 0.717) is 16.9 Å². The van der Waals surface area contributed by atoms with Gasteiger partial charge in [0.05, 0.1) is 13.3 Å². The maximum absolute atomic E-state index is 12.2. The van der Waals surface area contributed by atoms with E-state index in [0.717, 1.165) is 5.39 Å². The van der Waals surface area contributed by atoms with Crippen molar-refractivity contribution in [3.63, 3.8) is 0 Å². The third-order valence-electron chi connectivity index (χ3n) is 3.93. The molecule has 7 nitrogen and oxygen atoms in total. The number of hydrogen-bond donors (Lipinski definition) is 1. The zero-order chi connectivity index (χ0) is 18.8. The van der Waals surface area contributed by atoms with Gasteiger partial charge in [-0.1, -0.05) is 18.2 Å². The quantitative estimate of drug-likeness (QED) is 0.436. The average Bonchev–Trinajstić information content (AvgIpc) is 3.14. The lowest BCUT2D eigenvalue weighted by Gasteiger charge is -2.02. The molecule has 0 saturated heterocycles. The Hall–Kier alpha value is -3.87. The van der Waals surface area contributed by atoms with Gasteiger partial charge in [-0.25, -0.2) is 9.79 Å². The van der Waals surface area contributed by atoms with E-state index in [2.05, 4.69) is 9.98 Å². The summed E-state index contributed by atoms with van der Waals surface area (Å²) in [6, 6.07) is 13.8. The van der Waals surface area contributed by atoms with Crippen molar-refractivity contribution >= 4 is 23.2 Å². The van der Waals surface area contributed by atoms with Crippen LogP contribution in [0.1, 0.15) is 5.56 Å². The first kappa shape index (κ1) is 16.6. The molecule has 0 amide bonds. The van der Waals surface area contributed by atoms with Crippen molar-refractivity contribution in [2.24, 2.45) is 4.99 Å². The summed E-state index contributed by atoms with van der Waals surface area (Å²) < 4.78 is 15.8. The highest BCUT2D eigenvalue weighted by Gasteiger charge is 2.12. The third-order valence-corrected chi connectivity index (χ3v) is 3.93. The van der Waals surface area contributed by atoms with E-state index < -0.39 is 5.63 Å². The molecule has 7 heteroatoms. The SMILES string of the molecule is COc1ccc(/C=N/c2ncc(-c3cc4ccccc4oc3=O)o2)cc1O. The van der Waals surface area contributed by atoms with Crippen molar-refractivity contribution in [1.29, 1.82) is 0 Å². The number of phenolic OH excluding ortho intramolecular Hbond substituents is 1. The van der Waals surface area contributed by atoms with Gasteiger partial charge in [-0.05, 0) is 35.9 Å². The van der Waals surface area contributed by atoms with Crippen LogP contribution in [0.4, 0.5) is 6.01 Å². The molecule has 27 heavy (non-hydrogen) atoms. The molecule has 2 aromatic carbocycles. The van der Waals surface area contributed by atoms with E-state index in [-0.39, 0.29) is 23.1 Å². The molecular formula is C20H14N2O5. The van der Waals surface area contributed by atoms with Gasteiger partial charge in [-0.2, -0.15) is 4.98 Å². The fourth-order valence-electron chi connectivity index (χ4n) is 2.60. The maximum Gasteiger partial charge on any atom is 0.347 e. The predicted octanol–water partition coefficient (Wildman–Crippen LogP) is 3.91. The molecule has 2 heterocycles. The lowest BCUT2D eigenvalue weighted by atomic mass is 10.1. The summed E-state index contributed by atoms with van der Waals surface area (Å²) >= 11 is 0. The average molecular weight is 362 g/mol. The molecule has 134 valence electrons. The molecule has 0 aliphatic rings. The Morgan fingerprint density at radius 1 is 1.15 bits per heavy atom.